The minimum absolute atomic E-state index is 0.0125. The Hall–Kier alpha value is -2.75. The molecule has 0 fully saturated rings. The largest absolute Gasteiger partial charge is 0.366 e. The first-order chi connectivity index (χ1) is 9.87. The van der Waals surface area contributed by atoms with Crippen molar-refractivity contribution in [3.05, 3.63) is 37.9 Å². The van der Waals surface area contributed by atoms with Crippen LogP contribution in [0.5, 0.6) is 0 Å². The van der Waals surface area contributed by atoms with Crippen LogP contribution in [0, 0.1) is 20.2 Å². The molecule has 10 heteroatoms. The van der Waals surface area contributed by atoms with Gasteiger partial charge in [0, 0.05) is 19.2 Å². The van der Waals surface area contributed by atoms with Gasteiger partial charge in [0.2, 0.25) is 0 Å². The third-order valence-electron chi connectivity index (χ3n) is 2.94. The maximum Gasteiger partial charge on any atom is 0.300 e. The Morgan fingerprint density at radius 2 is 1.81 bits per heavy atom. The van der Waals surface area contributed by atoms with E-state index < -0.39 is 27.1 Å². The summed E-state index contributed by atoms with van der Waals surface area (Å²) in [4.78, 5) is 33.9. The molecule has 0 aliphatic carbocycles. The Labute approximate surface area is 119 Å². The van der Waals surface area contributed by atoms with Gasteiger partial charge in [0.25, 0.3) is 17.3 Å². The van der Waals surface area contributed by atoms with Gasteiger partial charge in [-0.3, -0.25) is 30.4 Å². The van der Waals surface area contributed by atoms with E-state index in [-0.39, 0.29) is 11.3 Å². The van der Waals surface area contributed by atoms with Crippen molar-refractivity contribution in [2.24, 2.45) is 5.84 Å². The Bertz CT molecular complexity index is 585. The van der Waals surface area contributed by atoms with Crippen LogP contribution < -0.4 is 16.2 Å². The molecule has 1 amide bonds. The normalized spacial score (nSPS) is 10.0. The predicted molar refractivity (Wildman–Crippen MR) is 75.0 cm³/mol. The zero-order valence-electron chi connectivity index (χ0n) is 11.5. The Morgan fingerprint density at radius 1 is 1.24 bits per heavy atom. The number of amides is 1. The van der Waals surface area contributed by atoms with Gasteiger partial charge in [0.05, 0.1) is 21.5 Å². The molecule has 0 heterocycles. The Morgan fingerprint density at radius 3 is 2.19 bits per heavy atom. The molecule has 10 nitrogen and oxygen atoms in total. The van der Waals surface area contributed by atoms with Crippen molar-refractivity contribution in [2.45, 2.75) is 13.8 Å². The second-order valence-corrected chi connectivity index (χ2v) is 4.02. The van der Waals surface area contributed by atoms with Gasteiger partial charge in [-0.05, 0) is 13.8 Å². The smallest absolute Gasteiger partial charge is 0.300 e. The summed E-state index contributed by atoms with van der Waals surface area (Å²) in [6.45, 7) is 4.28. The Kier molecular flexibility index (Phi) is 5.13. The molecule has 1 aromatic rings. The van der Waals surface area contributed by atoms with Gasteiger partial charge >= 0.3 is 0 Å². The molecular weight excluding hydrogens is 282 g/mol. The fraction of sp³-hybridized carbons (Fsp3) is 0.364. The number of non-ortho nitro benzene ring substituents is 1. The molecule has 0 saturated heterocycles. The zero-order valence-corrected chi connectivity index (χ0v) is 11.5. The van der Waals surface area contributed by atoms with E-state index in [0.717, 1.165) is 12.1 Å². The van der Waals surface area contributed by atoms with E-state index in [2.05, 4.69) is 0 Å². The van der Waals surface area contributed by atoms with Crippen molar-refractivity contribution in [2.75, 3.05) is 18.0 Å². The molecule has 0 aliphatic rings. The second-order valence-electron chi connectivity index (χ2n) is 4.02. The molecule has 0 atom stereocenters. The highest BCUT2D eigenvalue weighted by molar-refractivity contribution is 6.02. The highest BCUT2D eigenvalue weighted by Crippen LogP contribution is 2.36. The number of nitro benzene ring substituents is 2. The lowest BCUT2D eigenvalue weighted by Gasteiger charge is -2.23. The summed E-state index contributed by atoms with van der Waals surface area (Å²) in [5.74, 6) is 4.22. The van der Waals surface area contributed by atoms with Gasteiger partial charge in [0.15, 0.2) is 0 Å². The molecule has 114 valence electrons. The van der Waals surface area contributed by atoms with E-state index >= 15 is 0 Å². The monoisotopic (exact) mass is 297 g/mol. The average molecular weight is 297 g/mol. The molecule has 0 aliphatic heterocycles. The first-order valence-corrected chi connectivity index (χ1v) is 6.10. The van der Waals surface area contributed by atoms with Gasteiger partial charge in [-0.15, -0.1) is 0 Å². The number of hydrogen-bond acceptors (Lipinski definition) is 7. The van der Waals surface area contributed by atoms with Gasteiger partial charge in [-0.25, -0.2) is 5.84 Å². The summed E-state index contributed by atoms with van der Waals surface area (Å²) in [6, 6.07) is 1.81. The summed E-state index contributed by atoms with van der Waals surface area (Å²) in [6.07, 6.45) is 0. The highest BCUT2D eigenvalue weighted by atomic mass is 16.6. The molecule has 0 radical (unpaired) electrons. The van der Waals surface area contributed by atoms with Crippen LogP contribution in [0.25, 0.3) is 0 Å². The molecule has 21 heavy (non-hydrogen) atoms. The van der Waals surface area contributed by atoms with Gasteiger partial charge in [0.1, 0.15) is 5.69 Å². The van der Waals surface area contributed by atoms with Gasteiger partial charge in [-0.1, -0.05) is 0 Å². The SMILES string of the molecule is CCN(CC)c1c(C(=O)NN)cc([N+](=O)[O-])cc1[N+](=O)[O-]. The minimum atomic E-state index is -0.830. The fourth-order valence-electron chi connectivity index (χ4n) is 1.97. The number of nitro groups is 2. The van der Waals surface area contributed by atoms with E-state index in [9.17, 15) is 25.0 Å². The number of nitrogen functional groups attached to an aromatic ring is 1. The quantitative estimate of drug-likeness (QED) is 0.344. The number of hydrogen-bond donors (Lipinski definition) is 2. The summed E-state index contributed by atoms with van der Waals surface area (Å²) in [5, 5.41) is 22.1. The van der Waals surface area contributed by atoms with Crippen LogP contribution in [0.2, 0.25) is 0 Å². The summed E-state index contributed by atoms with van der Waals surface area (Å²) >= 11 is 0. The maximum atomic E-state index is 11.8. The molecule has 0 aromatic heterocycles. The maximum absolute atomic E-state index is 11.8. The number of carbonyl (C=O) groups is 1. The molecule has 0 saturated carbocycles. The zero-order chi connectivity index (χ0) is 16.2. The van der Waals surface area contributed by atoms with Crippen LogP contribution in [0.4, 0.5) is 17.1 Å². The topological polar surface area (TPSA) is 145 Å². The van der Waals surface area contributed by atoms with Gasteiger partial charge in [-0.2, -0.15) is 0 Å². The third kappa shape index (κ3) is 3.23. The minimum Gasteiger partial charge on any atom is -0.366 e. The van der Waals surface area contributed by atoms with E-state index in [0.29, 0.717) is 13.1 Å². The van der Waals surface area contributed by atoms with Crippen molar-refractivity contribution >= 4 is 23.0 Å². The second kappa shape index (κ2) is 6.61. The highest BCUT2D eigenvalue weighted by Gasteiger charge is 2.29. The third-order valence-corrected chi connectivity index (χ3v) is 2.94. The predicted octanol–water partition coefficient (Wildman–Crippen LogP) is 0.953. The number of hydrazine groups is 1. The van der Waals surface area contributed by atoms with Crippen molar-refractivity contribution in [1.82, 2.24) is 5.43 Å². The lowest BCUT2D eigenvalue weighted by Crippen LogP contribution is -2.33. The fourth-order valence-corrected chi connectivity index (χ4v) is 1.97. The lowest BCUT2D eigenvalue weighted by atomic mass is 10.1. The van der Waals surface area contributed by atoms with Crippen LogP contribution in [-0.2, 0) is 0 Å². The van der Waals surface area contributed by atoms with E-state index in [1.54, 1.807) is 18.7 Å². The van der Waals surface area contributed by atoms with Crippen molar-refractivity contribution < 1.29 is 14.6 Å². The summed E-state index contributed by atoms with van der Waals surface area (Å²) in [5.41, 5.74) is 0.599. The van der Waals surface area contributed by atoms with Gasteiger partial charge < -0.3 is 4.90 Å². The molecule has 1 aromatic carbocycles. The molecule has 0 spiro atoms. The van der Waals surface area contributed by atoms with E-state index in [1.807, 2.05) is 5.43 Å². The number of nitrogens with one attached hydrogen (secondary N) is 1. The summed E-state index contributed by atoms with van der Waals surface area (Å²) < 4.78 is 0. The molecule has 0 bridgehead atoms. The summed E-state index contributed by atoms with van der Waals surface area (Å²) in [7, 11) is 0. The number of carbonyl (C=O) groups excluding carboxylic acids is 1. The van der Waals surface area contributed by atoms with Crippen LogP contribution in [0.1, 0.15) is 24.2 Å². The standard InChI is InChI=1S/C11H15N5O5/c1-3-14(4-2)10-8(11(17)13-12)5-7(15(18)19)6-9(10)16(20)21/h5-6H,3-4,12H2,1-2H3,(H,13,17). The molecule has 3 N–H and O–H groups in total. The first kappa shape index (κ1) is 16.3. The van der Waals surface area contributed by atoms with E-state index in [1.165, 1.54) is 0 Å². The number of rotatable bonds is 6. The van der Waals surface area contributed by atoms with Crippen molar-refractivity contribution in [3.63, 3.8) is 0 Å². The molecule has 0 unspecified atom stereocenters. The van der Waals surface area contributed by atoms with Crippen LogP contribution >= 0.6 is 0 Å². The lowest BCUT2D eigenvalue weighted by molar-refractivity contribution is -0.393. The van der Waals surface area contributed by atoms with Crippen LogP contribution in [0.3, 0.4) is 0 Å². The van der Waals surface area contributed by atoms with E-state index in [4.69, 9.17) is 5.84 Å². The number of anilines is 1. The van der Waals surface area contributed by atoms with Crippen molar-refractivity contribution in [1.29, 1.82) is 0 Å². The number of benzene rings is 1. The van der Waals surface area contributed by atoms with Crippen LogP contribution in [-0.4, -0.2) is 28.8 Å². The number of nitrogens with two attached hydrogens (primary N) is 1. The first-order valence-electron chi connectivity index (χ1n) is 6.10. The average Bonchev–Trinajstić information content (AvgIpc) is 2.46. The molecule has 1 rings (SSSR count). The number of nitrogens with zero attached hydrogens (tertiary/aromatic N) is 3. The van der Waals surface area contributed by atoms with Crippen molar-refractivity contribution in [3.8, 4) is 0 Å². The molecular formula is C11H15N5O5. The van der Waals surface area contributed by atoms with Crippen LogP contribution in [0.15, 0.2) is 12.1 Å². The Balaban J connectivity index is 3.73.